The molecular formula is C25H21FN2O3. The fourth-order valence-electron chi connectivity index (χ4n) is 3.23. The number of carbonyl (C=O) groups excluding carboxylic acids is 1. The van der Waals surface area contributed by atoms with Gasteiger partial charge in [0.2, 0.25) is 0 Å². The molecule has 1 heterocycles. The summed E-state index contributed by atoms with van der Waals surface area (Å²) in [5.41, 5.74) is 1.50. The second-order valence-corrected chi connectivity index (χ2v) is 6.84. The number of halogens is 1. The molecule has 0 aliphatic heterocycles. The molecule has 0 unspecified atom stereocenters. The summed E-state index contributed by atoms with van der Waals surface area (Å²) in [6, 6.07) is 20.8. The van der Waals surface area contributed by atoms with E-state index in [9.17, 15) is 9.18 Å². The number of aromatic nitrogens is 1. The predicted molar refractivity (Wildman–Crippen MR) is 118 cm³/mol. The van der Waals surface area contributed by atoms with Crippen LogP contribution in [0.15, 0.2) is 79.0 Å². The van der Waals surface area contributed by atoms with Crippen molar-refractivity contribution in [2.45, 2.75) is 13.5 Å². The Labute approximate surface area is 179 Å². The highest BCUT2D eigenvalue weighted by molar-refractivity contribution is 5.97. The fraction of sp³-hybridized carbons (Fsp3) is 0.120. The number of pyridine rings is 1. The molecule has 31 heavy (non-hydrogen) atoms. The Morgan fingerprint density at radius 1 is 1.03 bits per heavy atom. The van der Waals surface area contributed by atoms with Gasteiger partial charge in [-0.2, -0.15) is 0 Å². The Bertz CT molecular complexity index is 1200. The largest absolute Gasteiger partial charge is 0.462 e. The van der Waals surface area contributed by atoms with E-state index in [1.165, 1.54) is 12.1 Å². The van der Waals surface area contributed by atoms with E-state index in [4.69, 9.17) is 9.47 Å². The summed E-state index contributed by atoms with van der Waals surface area (Å²) in [5, 5.41) is 5.09. The minimum Gasteiger partial charge on any atom is -0.462 e. The van der Waals surface area contributed by atoms with Crippen LogP contribution in [0.5, 0.6) is 11.5 Å². The summed E-state index contributed by atoms with van der Waals surface area (Å²) >= 11 is 0. The quantitative estimate of drug-likeness (QED) is 0.377. The standard InChI is InChI=1S/C25H21FN2O3/c1-2-30-25(29)19-11-9-17(10-12-19)16-28-24-23-18(13-14-27-24)5-3-8-22(23)31-21-7-4-6-20(26)15-21/h3-15H,2,16H2,1H3,(H,27,28). The number of ether oxygens (including phenoxy) is 2. The molecule has 0 bridgehead atoms. The zero-order valence-corrected chi connectivity index (χ0v) is 17.0. The van der Waals surface area contributed by atoms with E-state index in [0.717, 1.165) is 16.3 Å². The van der Waals surface area contributed by atoms with Crippen LogP contribution >= 0.6 is 0 Å². The number of fused-ring (bicyclic) bond motifs is 1. The summed E-state index contributed by atoms with van der Waals surface area (Å²) in [6.45, 7) is 2.62. The van der Waals surface area contributed by atoms with Gasteiger partial charge in [-0.25, -0.2) is 14.2 Å². The normalized spacial score (nSPS) is 10.6. The summed E-state index contributed by atoms with van der Waals surface area (Å²) in [7, 11) is 0. The Morgan fingerprint density at radius 3 is 2.61 bits per heavy atom. The van der Waals surface area contributed by atoms with Gasteiger partial charge in [0.05, 0.1) is 17.6 Å². The Kier molecular flexibility index (Phi) is 6.08. The first-order valence-electron chi connectivity index (χ1n) is 9.95. The minimum absolute atomic E-state index is 0.336. The number of carbonyl (C=O) groups is 1. The number of benzene rings is 3. The van der Waals surface area contributed by atoms with Gasteiger partial charge in [0.25, 0.3) is 0 Å². The van der Waals surface area contributed by atoms with Gasteiger partial charge >= 0.3 is 5.97 Å². The zero-order chi connectivity index (χ0) is 21.6. The first-order valence-corrected chi connectivity index (χ1v) is 9.95. The van der Waals surface area contributed by atoms with E-state index in [1.807, 2.05) is 36.4 Å². The molecule has 1 N–H and O–H groups in total. The molecule has 0 saturated heterocycles. The Balaban J connectivity index is 1.57. The van der Waals surface area contributed by atoms with Crippen LogP contribution in [0.2, 0.25) is 0 Å². The molecule has 0 aliphatic rings. The van der Waals surface area contributed by atoms with Crippen molar-refractivity contribution in [1.82, 2.24) is 4.98 Å². The van der Waals surface area contributed by atoms with Crippen LogP contribution in [0.25, 0.3) is 10.8 Å². The number of esters is 1. The number of rotatable bonds is 7. The number of nitrogens with zero attached hydrogens (tertiary/aromatic N) is 1. The molecule has 3 aromatic carbocycles. The van der Waals surface area contributed by atoms with Gasteiger partial charge in [-0.15, -0.1) is 0 Å². The lowest BCUT2D eigenvalue weighted by Crippen LogP contribution is -2.06. The van der Waals surface area contributed by atoms with Crippen molar-refractivity contribution in [3.8, 4) is 11.5 Å². The van der Waals surface area contributed by atoms with Crippen molar-refractivity contribution in [2.75, 3.05) is 11.9 Å². The smallest absolute Gasteiger partial charge is 0.338 e. The Morgan fingerprint density at radius 2 is 1.84 bits per heavy atom. The molecule has 0 amide bonds. The third-order valence-electron chi connectivity index (χ3n) is 4.70. The monoisotopic (exact) mass is 416 g/mol. The first kappa shape index (κ1) is 20.3. The highest BCUT2D eigenvalue weighted by Gasteiger charge is 2.11. The average molecular weight is 416 g/mol. The van der Waals surface area contributed by atoms with E-state index < -0.39 is 0 Å². The molecule has 0 radical (unpaired) electrons. The van der Waals surface area contributed by atoms with Gasteiger partial charge in [0.1, 0.15) is 23.1 Å². The molecule has 1 aromatic heterocycles. The minimum atomic E-state index is -0.361. The van der Waals surface area contributed by atoms with Gasteiger partial charge in [-0.3, -0.25) is 0 Å². The molecule has 0 spiro atoms. The maximum Gasteiger partial charge on any atom is 0.338 e. The van der Waals surface area contributed by atoms with Crippen molar-refractivity contribution >= 4 is 22.6 Å². The molecule has 5 nitrogen and oxygen atoms in total. The molecule has 156 valence electrons. The zero-order valence-electron chi connectivity index (χ0n) is 17.0. The molecule has 4 rings (SSSR count). The van der Waals surface area contributed by atoms with Gasteiger partial charge < -0.3 is 14.8 Å². The van der Waals surface area contributed by atoms with Crippen LogP contribution in [-0.4, -0.2) is 17.6 Å². The molecule has 0 atom stereocenters. The Hall–Kier alpha value is -3.93. The third-order valence-corrected chi connectivity index (χ3v) is 4.70. The molecule has 0 saturated carbocycles. The van der Waals surface area contributed by atoms with Gasteiger partial charge in [0, 0.05) is 18.8 Å². The highest BCUT2D eigenvalue weighted by Crippen LogP contribution is 2.34. The summed E-state index contributed by atoms with van der Waals surface area (Å²) in [4.78, 5) is 16.3. The molecule has 0 aliphatic carbocycles. The summed E-state index contributed by atoms with van der Waals surface area (Å²) < 4.78 is 24.5. The van der Waals surface area contributed by atoms with Crippen LogP contribution in [-0.2, 0) is 11.3 Å². The van der Waals surface area contributed by atoms with E-state index in [2.05, 4.69) is 10.3 Å². The van der Waals surface area contributed by atoms with Crippen molar-refractivity contribution < 1.29 is 18.7 Å². The lowest BCUT2D eigenvalue weighted by molar-refractivity contribution is 0.0526. The maximum absolute atomic E-state index is 13.6. The number of nitrogens with one attached hydrogen (secondary N) is 1. The number of anilines is 1. The molecule has 4 aromatic rings. The fourth-order valence-corrected chi connectivity index (χ4v) is 3.23. The van der Waals surface area contributed by atoms with Crippen molar-refractivity contribution in [2.24, 2.45) is 0 Å². The lowest BCUT2D eigenvalue weighted by Gasteiger charge is -2.13. The van der Waals surface area contributed by atoms with Crippen LogP contribution in [0.4, 0.5) is 10.2 Å². The molecular weight excluding hydrogens is 395 g/mol. The highest BCUT2D eigenvalue weighted by atomic mass is 19.1. The predicted octanol–water partition coefficient (Wildman–Crippen LogP) is 5.96. The van der Waals surface area contributed by atoms with Crippen LogP contribution < -0.4 is 10.1 Å². The van der Waals surface area contributed by atoms with E-state index in [1.54, 1.807) is 37.4 Å². The van der Waals surface area contributed by atoms with E-state index >= 15 is 0 Å². The second-order valence-electron chi connectivity index (χ2n) is 6.84. The molecule has 6 heteroatoms. The van der Waals surface area contributed by atoms with Crippen molar-refractivity contribution in [3.05, 3.63) is 95.9 Å². The van der Waals surface area contributed by atoms with Gasteiger partial charge in [-0.05, 0) is 54.3 Å². The van der Waals surface area contributed by atoms with Crippen LogP contribution in [0.1, 0.15) is 22.8 Å². The van der Waals surface area contributed by atoms with E-state index in [0.29, 0.717) is 36.0 Å². The number of hydrogen-bond acceptors (Lipinski definition) is 5. The van der Waals surface area contributed by atoms with Crippen LogP contribution in [0, 0.1) is 5.82 Å². The first-order chi connectivity index (χ1) is 15.1. The van der Waals surface area contributed by atoms with Crippen LogP contribution in [0.3, 0.4) is 0 Å². The molecule has 0 fully saturated rings. The second kappa shape index (κ2) is 9.26. The number of hydrogen-bond donors (Lipinski definition) is 1. The van der Waals surface area contributed by atoms with E-state index in [-0.39, 0.29) is 11.8 Å². The lowest BCUT2D eigenvalue weighted by atomic mass is 10.1. The SMILES string of the molecule is CCOC(=O)c1ccc(CNc2nccc3cccc(Oc4cccc(F)c4)c23)cc1. The summed E-state index contributed by atoms with van der Waals surface area (Å²) in [5.74, 6) is 0.949. The third kappa shape index (κ3) is 4.80. The maximum atomic E-state index is 13.6. The topological polar surface area (TPSA) is 60.5 Å². The van der Waals surface area contributed by atoms with Gasteiger partial charge in [0.15, 0.2) is 0 Å². The van der Waals surface area contributed by atoms with Gasteiger partial charge in [-0.1, -0.05) is 30.3 Å². The van der Waals surface area contributed by atoms with Crippen molar-refractivity contribution in [3.63, 3.8) is 0 Å². The van der Waals surface area contributed by atoms with Crippen molar-refractivity contribution in [1.29, 1.82) is 0 Å². The average Bonchev–Trinajstić information content (AvgIpc) is 2.78. The summed E-state index contributed by atoms with van der Waals surface area (Å²) in [6.07, 6.45) is 1.72.